The number of nitrogens with one attached hydrogen (secondary N) is 1. The number of ether oxygens (including phenoxy) is 1. The van der Waals surface area contributed by atoms with Crippen molar-refractivity contribution >= 4 is 39.2 Å². The fourth-order valence-electron chi connectivity index (χ4n) is 2.02. The standard InChI is InChI=1S/C16H13ClN3OPS/c17-14-4-12(8-22)15(5-16(14)23)21-7-11-1-10(6-18)2-13(3-11)20-9-19/h1-5,20,23H,7-8,22H2. The lowest BCUT2D eigenvalue weighted by Crippen LogP contribution is -2.00. The van der Waals surface area contributed by atoms with Gasteiger partial charge in [-0.3, -0.25) is 5.32 Å². The minimum Gasteiger partial charge on any atom is -0.489 e. The van der Waals surface area contributed by atoms with Gasteiger partial charge in [0, 0.05) is 10.6 Å². The molecule has 23 heavy (non-hydrogen) atoms. The summed E-state index contributed by atoms with van der Waals surface area (Å²) in [6.07, 6.45) is 2.54. The second kappa shape index (κ2) is 8.09. The minimum absolute atomic E-state index is 0.266. The first-order valence-electron chi connectivity index (χ1n) is 6.60. The molecule has 2 aromatic rings. The number of nitriles is 2. The molecular formula is C16H13ClN3OPS. The highest BCUT2D eigenvalue weighted by atomic mass is 35.5. The van der Waals surface area contributed by atoms with Crippen molar-refractivity contribution in [2.24, 2.45) is 0 Å². The van der Waals surface area contributed by atoms with Crippen molar-refractivity contribution in [2.75, 3.05) is 5.32 Å². The topological polar surface area (TPSA) is 68.8 Å². The number of nitrogens with zero attached hydrogens (tertiary/aromatic N) is 2. The summed E-state index contributed by atoms with van der Waals surface area (Å²) in [6, 6.07) is 10.8. The Morgan fingerprint density at radius 1 is 1.22 bits per heavy atom. The van der Waals surface area contributed by atoms with Crippen molar-refractivity contribution in [2.45, 2.75) is 17.7 Å². The highest BCUT2D eigenvalue weighted by Gasteiger charge is 2.08. The average Bonchev–Trinajstić information content (AvgIpc) is 2.55. The first-order valence-corrected chi connectivity index (χ1v) is 8.25. The summed E-state index contributed by atoms with van der Waals surface area (Å²) in [6.45, 7) is 0.266. The zero-order valence-electron chi connectivity index (χ0n) is 12.0. The van der Waals surface area contributed by atoms with Gasteiger partial charge in [-0.25, -0.2) is 0 Å². The van der Waals surface area contributed by atoms with Crippen LogP contribution in [-0.2, 0) is 12.8 Å². The SMILES string of the molecule is N#CNc1cc(C#N)cc(COc2cc(S)c(Cl)cc2CP)c1. The summed E-state index contributed by atoms with van der Waals surface area (Å²) < 4.78 is 5.84. The summed E-state index contributed by atoms with van der Waals surface area (Å²) in [5, 5.41) is 20.9. The summed E-state index contributed by atoms with van der Waals surface area (Å²) in [7, 11) is 2.63. The maximum absolute atomic E-state index is 9.06. The summed E-state index contributed by atoms with van der Waals surface area (Å²) in [5.74, 6) is 0.687. The van der Waals surface area contributed by atoms with Gasteiger partial charge in [-0.05, 0) is 47.6 Å². The van der Waals surface area contributed by atoms with E-state index in [1.54, 1.807) is 24.3 Å². The van der Waals surface area contributed by atoms with Gasteiger partial charge < -0.3 is 4.74 Å². The van der Waals surface area contributed by atoms with Crippen LogP contribution in [0.1, 0.15) is 16.7 Å². The van der Waals surface area contributed by atoms with Crippen LogP contribution in [0.4, 0.5) is 5.69 Å². The van der Waals surface area contributed by atoms with E-state index in [4.69, 9.17) is 26.9 Å². The van der Waals surface area contributed by atoms with Crippen LogP contribution >= 0.6 is 33.5 Å². The lowest BCUT2D eigenvalue weighted by Gasteiger charge is -2.13. The third-order valence-electron chi connectivity index (χ3n) is 3.07. The zero-order chi connectivity index (χ0) is 16.8. The molecular weight excluding hydrogens is 349 g/mol. The number of hydrogen-bond donors (Lipinski definition) is 2. The molecule has 0 aliphatic carbocycles. The molecule has 0 spiro atoms. The summed E-state index contributed by atoms with van der Waals surface area (Å²) in [5.41, 5.74) is 2.75. The predicted molar refractivity (Wildman–Crippen MR) is 96.8 cm³/mol. The maximum Gasteiger partial charge on any atom is 0.181 e. The molecule has 116 valence electrons. The molecule has 2 aromatic carbocycles. The van der Waals surface area contributed by atoms with Crippen molar-refractivity contribution in [1.29, 1.82) is 10.5 Å². The van der Waals surface area contributed by atoms with Gasteiger partial charge in [0.1, 0.15) is 12.4 Å². The van der Waals surface area contributed by atoms with E-state index in [0.29, 0.717) is 33.1 Å². The molecule has 0 fully saturated rings. The Bertz CT molecular complexity index is 814. The molecule has 4 nitrogen and oxygen atoms in total. The van der Waals surface area contributed by atoms with Gasteiger partial charge >= 0.3 is 0 Å². The molecule has 0 saturated heterocycles. The van der Waals surface area contributed by atoms with Gasteiger partial charge in [0.05, 0.1) is 16.7 Å². The Kier molecular flexibility index (Phi) is 6.13. The number of hydrogen-bond acceptors (Lipinski definition) is 5. The van der Waals surface area contributed by atoms with Gasteiger partial charge in [-0.2, -0.15) is 10.5 Å². The lowest BCUT2D eigenvalue weighted by molar-refractivity contribution is 0.303. The van der Waals surface area contributed by atoms with Crippen LogP contribution in [0.3, 0.4) is 0 Å². The van der Waals surface area contributed by atoms with E-state index in [9.17, 15) is 0 Å². The molecule has 1 N–H and O–H groups in total. The Hall–Kier alpha value is -1.91. The fraction of sp³-hybridized carbons (Fsp3) is 0.125. The highest BCUT2D eigenvalue weighted by Crippen LogP contribution is 2.31. The quantitative estimate of drug-likeness (QED) is 0.359. The molecule has 0 amide bonds. The van der Waals surface area contributed by atoms with E-state index in [1.165, 1.54) is 0 Å². The molecule has 0 radical (unpaired) electrons. The van der Waals surface area contributed by atoms with Crippen molar-refractivity contribution < 1.29 is 4.74 Å². The van der Waals surface area contributed by atoms with Crippen LogP contribution in [-0.4, -0.2) is 0 Å². The number of halogens is 1. The van der Waals surface area contributed by atoms with Crippen LogP contribution < -0.4 is 10.1 Å². The zero-order valence-corrected chi connectivity index (χ0v) is 14.8. The second-order valence-electron chi connectivity index (χ2n) is 4.67. The van der Waals surface area contributed by atoms with Crippen LogP contribution in [0.2, 0.25) is 5.02 Å². The van der Waals surface area contributed by atoms with Gasteiger partial charge in [-0.15, -0.1) is 21.9 Å². The van der Waals surface area contributed by atoms with Crippen LogP contribution in [0.25, 0.3) is 0 Å². The van der Waals surface area contributed by atoms with Gasteiger partial charge in [0.2, 0.25) is 0 Å². The second-order valence-corrected chi connectivity index (χ2v) is 5.97. The smallest absolute Gasteiger partial charge is 0.181 e. The third-order valence-corrected chi connectivity index (χ3v) is 4.32. The lowest BCUT2D eigenvalue weighted by atomic mass is 10.1. The number of thiol groups is 1. The first-order chi connectivity index (χ1) is 11.1. The molecule has 7 heteroatoms. The molecule has 0 aliphatic rings. The van der Waals surface area contributed by atoms with Crippen molar-refractivity contribution in [1.82, 2.24) is 0 Å². The fourth-order valence-corrected chi connectivity index (χ4v) is 2.70. The largest absolute Gasteiger partial charge is 0.489 e. The van der Waals surface area contributed by atoms with E-state index in [0.717, 1.165) is 11.1 Å². The Morgan fingerprint density at radius 2 is 2.00 bits per heavy atom. The first kappa shape index (κ1) is 17.4. The number of anilines is 1. The molecule has 0 saturated carbocycles. The average molecular weight is 362 g/mol. The van der Waals surface area contributed by atoms with Gasteiger partial charge in [0.15, 0.2) is 6.19 Å². The molecule has 0 aromatic heterocycles. The van der Waals surface area contributed by atoms with E-state index < -0.39 is 0 Å². The van der Waals surface area contributed by atoms with E-state index in [2.05, 4.69) is 33.3 Å². The van der Waals surface area contributed by atoms with Gasteiger partial charge in [-0.1, -0.05) is 11.6 Å². The molecule has 0 heterocycles. The molecule has 2 rings (SSSR count). The van der Waals surface area contributed by atoms with Crippen LogP contribution in [0.5, 0.6) is 5.75 Å². The third kappa shape index (κ3) is 4.53. The highest BCUT2D eigenvalue weighted by molar-refractivity contribution is 7.80. The van der Waals surface area contributed by atoms with Gasteiger partial charge in [0.25, 0.3) is 0 Å². The number of rotatable bonds is 5. The summed E-state index contributed by atoms with van der Waals surface area (Å²) >= 11 is 10.4. The Labute approximate surface area is 147 Å². The molecule has 0 bridgehead atoms. The normalized spacial score (nSPS) is 9.78. The van der Waals surface area contributed by atoms with E-state index in [-0.39, 0.29) is 6.61 Å². The van der Waals surface area contributed by atoms with Crippen molar-refractivity contribution in [3.63, 3.8) is 0 Å². The monoisotopic (exact) mass is 361 g/mol. The Morgan fingerprint density at radius 3 is 2.65 bits per heavy atom. The van der Waals surface area contributed by atoms with Crippen LogP contribution in [0, 0.1) is 22.8 Å². The maximum atomic E-state index is 9.06. The molecule has 0 aliphatic heterocycles. The van der Waals surface area contributed by atoms with Crippen molar-refractivity contribution in [3.8, 4) is 18.0 Å². The molecule has 1 atom stereocenters. The van der Waals surface area contributed by atoms with Crippen LogP contribution in [0.15, 0.2) is 35.2 Å². The molecule has 1 unspecified atom stereocenters. The van der Waals surface area contributed by atoms with E-state index >= 15 is 0 Å². The summed E-state index contributed by atoms with van der Waals surface area (Å²) in [4.78, 5) is 0.640. The van der Waals surface area contributed by atoms with Crippen molar-refractivity contribution in [3.05, 3.63) is 52.0 Å². The predicted octanol–water partition coefficient (Wildman–Crippen LogP) is 4.35. The Balaban J connectivity index is 2.24. The van der Waals surface area contributed by atoms with E-state index in [1.807, 2.05) is 12.3 Å². The minimum atomic E-state index is 0.266. The number of benzene rings is 2.